The third-order valence-corrected chi connectivity index (χ3v) is 28.3. The van der Waals surface area contributed by atoms with Crippen LogP contribution in [0.25, 0.3) is 310 Å². The molecule has 14 nitrogen and oxygen atoms in total. The zero-order valence-electron chi connectivity index (χ0n) is 77.9. The van der Waals surface area contributed by atoms with Crippen LogP contribution in [0.15, 0.2) is 488 Å². The topological polar surface area (TPSA) is 182 Å². The molecule has 0 aliphatic carbocycles. The van der Waals surface area contributed by atoms with Gasteiger partial charge in [0.1, 0.15) is 67.0 Å². The molecule has 680 valence electrons. The van der Waals surface area contributed by atoms with Gasteiger partial charge >= 0.3 is 0 Å². The second kappa shape index (κ2) is 34.0. The number of rotatable bonds is 11. The average molecular weight is 1870 g/mol. The van der Waals surface area contributed by atoms with Crippen LogP contribution in [-0.4, -0.2) is 39.9 Å². The van der Waals surface area contributed by atoms with E-state index in [-0.39, 0.29) is 0 Å². The van der Waals surface area contributed by atoms with Gasteiger partial charge in [-0.15, -0.1) is 0 Å². The molecule has 0 aliphatic rings. The highest BCUT2D eigenvalue weighted by Crippen LogP contribution is 2.52. The first-order valence-electron chi connectivity index (χ1n) is 48.7. The molecule has 0 spiro atoms. The summed E-state index contributed by atoms with van der Waals surface area (Å²) in [6, 6.07) is 158. The number of nitrogens with zero attached hydrogens (tertiary/aromatic N) is 8. The highest BCUT2D eigenvalue weighted by Gasteiger charge is 2.29. The summed E-state index contributed by atoms with van der Waals surface area (Å²) in [5.74, 6) is 3.72. The van der Waals surface area contributed by atoms with E-state index in [1.165, 1.54) is 0 Å². The maximum Gasteiger partial charge on any atom is 0.164 e. The van der Waals surface area contributed by atoms with Crippen LogP contribution in [-0.2, 0) is 0 Å². The Kier molecular flexibility index (Phi) is 19.3. The smallest absolute Gasteiger partial charge is 0.164 e. The molecule has 31 aromatic rings. The van der Waals surface area contributed by atoms with Crippen LogP contribution in [0.3, 0.4) is 0 Å². The van der Waals surface area contributed by atoms with Crippen molar-refractivity contribution in [3.8, 4) is 124 Å². The van der Waals surface area contributed by atoms with Crippen molar-refractivity contribution in [1.82, 2.24) is 39.9 Å². The largest absolute Gasteiger partial charge is 0.456 e. The molecule has 146 heavy (non-hydrogen) atoms. The quantitative estimate of drug-likeness (QED) is 0.119. The van der Waals surface area contributed by atoms with Crippen LogP contribution in [0, 0.1) is 0 Å². The number of aromatic nitrogens is 8. The van der Waals surface area contributed by atoms with Crippen molar-refractivity contribution in [2.75, 3.05) is 0 Å². The third kappa shape index (κ3) is 13.9. The Bertz CT molecular complexity index is 10600. The fraction of sp³-hybridized carbons (Fsp3) is 0. The lowest BCUT2D eigenvalue weighted by molar-refractivity contribution is 0.668. The summed E-state index contributed by atoms with van der Waals surface area (Å²) in [6.07, 6.45) is 0. The van der Waals surface area contributed by atoms with E-state index in [9.17, 15) is 0 Å². The maximum absolute atomic E-state index is 6.72. The van der Waals surface area contributed by atoms with Gasteiger partial charge in [-0.1, -0.05) is 352 Å². The first kappa shape index (κ1) is 83.0. The summed E-state index contributed by atoms with van der Waals surface area (Å²) in [7, 11) is 0. The summed E-state index contributed by atoms with van der Waals surface area (Å²) >= 11 is 0. The normalized spacial score (nSPS) is 11.8. The molecule has 0 atom stereocenters. The Morgan fingerprint density at radius 3 is 0.829 bits per heavy atom. The molecule has 0 unspecified atom stereocenters. The summed E-state index contributed by atoms with van der Waals surface area (Å²) in [5.41, 5.74) is 27.3. The van der Waals surface area contributed by atoms with E-state index in [4.69, 9.17) is 66.4 Å². The van der Waals surface area contributed by atoms with Crippen LogP contribution in [0.5, 0.6) is 0 Å². The Labute approximate surface area is 831 Å². The molecule has 22 aromatic carbocycles. The molecule has 0 saturated carbocycles. The predicted octanol–water partition coefficient (Wildman–Crippen LogP) is 35.7. The zero-order chi connectivity index (χ0) is 96.0. The van der Waals surface area contributed by atoms with Gasteiger partial charge in [-0.3, -0.25) is 0 Å². The molecule has 0 aliphatic heterocycles. The Balaban J connectivity index is 0.000000105. The second-order valence-corrected chi connectivity index (χ2v) is 36.8. The molecule has 14 heteroatoms. The van der Waals surface area contributed by atoms with Crippen LogP contribution in [0.4, 0.5) is 0 Å². The molecule has 9 aromatic heterocycles. The van der Waals surface area contributed by atoms with E-state index in [0.717, 1.165) is 275 Å². The minimum atomic E-state index is 0.594. The SMILES string of the molecule is c1ccc(-c2nc(-c3ccccc3)nc(-c3cc4ccccc4cc3-c3cc4oc5ccccc5c4c4c3ccc3c5ccccc5oc34)n2)cc1.c1ccc(-c2nc(-c3ccccc3)nc(-c3cccc(-c4cccc(-c5cc6oc7ccccc7c6c6c5ccc5c7ccccc7oc56)c4)c3)n2)cc1.c1ccc(-c2nc3ccccc3nc2-c2cc3oc4ccccc4c3c3c2ccc2c4ccccc4oc23)cc1. The highest BCUT2D eigenvalue weighted by atomic mass is 16.4. The van der Waals surface area contributed by atoms with Crippen LogP contribution in [0.2, 0.25) is 0 Å². The van der Waals surface area contributed by atoms with E-state index in [2.05, 4.69) is 224 Å². The Morgan fingerprint density at radius 1 is 0.130 bits per heavy atom. The van der Waals surface area contributed by atoms with Crippen molar-refractivity contribution in [1.29, 1.82) is 0 Å². The van der Waals surface area contributed by atoms with Crippen molar-refractivity contribution < 1.29 is 26.5 Å². The monoisotopic (exact) mass is 1870 g/mol. The van der Waals surface area contributed by atoms with Crippen LogP contribution < -0.4 is 0 Å². The second-order valence-electron chi connectivity index (χ2n) is 36.8. The van der Waals surface area contributed by atoms with Crippen LogP contribution >= 0.6 is 0 Å². The fourth-order valence-electron chi connectivity index (χ4n) is 21.5. The van der Waals surface area contributed by atoms with Crippen LogP contribution in [0.1, 0.15) is 0 Å². The van der Waals surface area contributed by atoms with Gasteiger partial charge in [0.2, 0.25) is 0 Å². The lowest BCUT2D eigenvalue weighted by Crippen LogP contribution is -2.01. The van der Waals surface area contributed by atoms with Gasteiger partial charge in [0.05, 0.1) is 22.4 Å². The van der Waals surface area contributed by atoms with E-state index in [1.807, 2.05) is 237 Å². The van der Waals surface area contributed by atoms with E-state index < -0.39 is 0 Å². The number of furan rings is 6. The van der Waals surface area contributed by atoms with Gasteiger partial charge in [-0.2, -0.15) is 0 Å². The van der Waals surface area contributed by atoms with Gasteiger partial charge in [-0.05, 0) is 170 Å². The standard InChI is InChI=1S/C49H29N3O2.C47H27N3O2.C36H20N2O2/c1-3-13-30(14-4-1)47-50-48(31-15-5-2-6-16-31)52-49(51-47)35-20-12-18-33(28-35)32-17-11-19-34(27-32)40-29-43-44(39-22-8-10-24-42(39)53-43)45-37(40)25-26-38-36-21-7-9-23-41(36)54-46(38)45;1-3-13-28(14-4-1)45-48-46(29-15-5-2-6-16-29)50-47(49-45)38-26-31-18-8-7-17-30(31)25-36(38)37-27-41-42(35-20-10-12-22-40(35)51-41)43-33(37)23-24-34-32-19-9-11-21-39(32)52-44(34)43;1-2-10-21(11-3-1)34-35(38-28-15-7-6-14-27(28)37-34)26-20-31-32(25-13-5-9-17-30(25)39-31)33-23(26)18-19-24-22-12-4-8-16-29(22)40-36(24)33/h1-29H;1-27H;1-20H. The first-order chi connectivity index (χ1) is 72.3. The van der Waals surface area contributed by atoms with Gasteiger partial charge in [-0.25, -0.2) is 39.9 Å². The maximum atomic E-state index is 6.72. The molecule has 31 rings (SSSR count). The lowest BCUT2D eigenvalue weighted by atomic mass is 9.89. The summed E-state index contributed by atoms with van der Waals surface area (Å²) in [4.78, 5) is 40.5. The van der Waals surface area contributed by atoms with Gasteiger partial charge in [0, 0.05) is 125 Å². The number of fused-ring (bicyclic) bond motifs is 29. The minimum absolute atomic E-state index is 0.594. The third-order valence-electron chi connectivity index (χ3n) is 28.3. The van der Waals surface area contributed by atoms with E-state index in [0.29, 0.717) is 34.9 Å². The summed E-state index contributed by atoms with van der Waals surface area (Å²) in [6.45, 7) is 0. The molecular weight excluding hydrogens is 1790 g/mol. The molecule has 0 radical (unpaired) electrons. The Morgan fingerprint density at radius 2 is 0.411 bits per heavy atom. The number of hydrogen-bond acceptors (Lipinski definition) is 14. The number of hydrogen-bond donors (Lipinski definition) is 0. The van der Waals surface area contributed by atoms with Crippen molar-refractivity contribution in [3.05, 3.63) is 461 Å². The predicted molar refractivity (Wildman–Crippen MR) is 593 cm³/mol. The molecular formula is C132H76N8O6. The summed E-state index contributed by atoms with van der Waals surface area (Å²) < 4.78 is 39.6. The first-order valence-corrected chi connectivity index (χ1v) is 48.7. The van der Waals surface area contributed by atoms with Crippen molar-refractivity contribution >= 4 is 186 Å². The highest BCUT2D eigenvalue weighted by molar-refractivity contribution is 6.34. The van der Waals surface area contributed by atoms with Crippen molar-refractivity contribution in [2.24, 2.45) is 0 Å². The molecule has 9 heterocycles. The van der Waals surface area contributed by atoms with E-state index >= 15 is 0 Å². The van der Waals surface area contributed by atoms with Crippen molar-refractivity contribution in [2.45, 2.75) is 0 Å². The van der Waals surface area contributed by atoms with E-state index in [1.54, 1.807) is 0 Å². The molecule has 0 N–H and O–H groups in total. The fourth-order valence-corrected chi connectivity index (χ4v) is 21.5. The summed E-state index contributed by atoms with van der Waals surface area (Å²) in [5, 5.41) is 21.4. The lowest BCUT2D eigenvalue weighted by Gasteiger charge is -2.16. The average Bonchev–Trinajstić information content (AvgIpc) is 1.56. The zero-order valence-corrected chi connectivity index (χ0v) is 77.9. The molecule has 0 amide bonds. The van der Waals surface area contributed by atoms with Gasteiger partial charge in [0.15, 0.2) is 34.9 Å². The molecule has 0 fully saturated rings. The Hall–Kier alpha value is -20.0. The molecule has 0 saturated heterocycles. The molecule has 0 bridgehead atoms. The van der Waals surface area contributed by atoms with Gasteiger partial charge < -0.3 is 26.5 Å². The van der Waals surface area contributed by atoms with Crippen molar-refractivity contribution in [3.63, 3.8) is 0 Å². The number of para-hydroxylation sites is 8. The van der Waals surface area contributed by atoms with Gasteiger partial charge in [0.25, 0.3) is 0 Å². The number of benzene rings is 22. The minimum Gasteiger partial charge on any atom is -0.456 e.